The third kappa shape index (κ3) is 4.24. The highest BCUT2D eigenvalue weighted by Crippen LogP contribution is 2.20. The fourth-order valence-corrected chi connectivity index (χ4v) is 2.12. The predicted molar refractivity (Wildman–Crippen MR) is 83.7 cm³/mol. The SMILES string of the molecule is NCc1c(CO)cccc1NC(=O)CNc1ccc(F)c(F)c1. The van der Waals surface area contributed by atoms with E-state index in [1.54, 1.807) is 18.2 Å². The first-order chi connectivity index (χ1) is 11.0. The quantitative estimate of drug-likeness (QED) is 0.655. The number of aliphatic hydroxyl groups is 1. The summed E-state index contributed by atoms with van der Waals surface area (Å²) < 4.78 is 25.9. The van der Waals surface area contributed by atoms with E-state index in [-0.39, 0.29) is 25.6 Å². The minimum Gasteiger partial charge on any atom is -0.392 e. The maximum absolute atomic E-state index is 13.1. The van der Waals surface area contributed by atoms with Gasteiger partial charge in [-0.2, -0.15) is 0 Å². The molecule has 0 fully saturated rings. The Bertz CT molecular complexity index is 708. The third-order valence-electron chi connectivity index (χ3n) is 3.29. The Labute approximate surface area is 132 Å². The maximum Gasteiger partial charge on any atom is 0.243 e. The van der Waals surface area contributed by atoms with Crippen LogP contribution in [0.4, 0.5) is 20.2 Å². The summed E-state index contributed by atoms with van der Waals surface area (Å²) in [6, 6.07) is 8.38. The highest BCUT2D eigenvalue weighted by Gasteiger charge is 2.10. The van der Waals surface area contributed by atoms with Crippen LogP contribution in [0, 0.1) is 11.6 Å². The largest absolute Gasteiger partial charge is 0.392 e. The minimum absolute atomic E-state index is 0.127. The molecule has 0 bridgehead atoms. The molecule has 5 N–H and O–H groups in total. The predicted octanol–water partition coefficient (Wildman–Crippen LogP) is 1.97. The average Bonchev–Trinajstić information content (AvgIpc) is 2.55. The molecule has 0 spiro atoms. The zero-order valence-electron chi connectivity index (χ0n) is 12.3. The normalized spacial score (nSPS) is 10.4. The van der Waals surface area contributed by atoms with E-state index in [2.05, 4.69) is 10.6 Å². The standard InChI is InChI=1S/C16H17F2N3O2/c17-13-5-4-11(6-14(13)18)20-8-16(23)21-15-3-1-2-10(9-22)12(15)7-19/h1-6,20,22H,7-9,19H2,(H,21,23). The molecule has 7 heteroatoms. The number of rotatable bonds is 6. The summed E-state index contributed by atoms with van der Waals surface area (Å²) in [5.74, 6) is -2.32. The van der Waals surface area contributed by atoms with Crippen LogP contribution in [-0.4, -0.2) is 17.6 Å². The van der Waals surface area contributed by atoms with E-state index < -0.39 is 11.6 Å². The number of benzene rings is 2. The molecule has 5 nitrogen and oxygen atoms in total. The smallest absolute Gasteiger partial charge is 0.243 e. The molecule has 122 valence electrons. The minimum atomic E-state index is -0.989. The first-order valence-electron chi connectivity index (χ1n) is 6.95. The van der Waals surface area contributed by atoms with Crippen LogP contribution >= 0.6 is 0 Å². The average molecular weight is 321 g/mol. The van der Waals surface area contributed by atoms with Gasteiger partial charge in [-0.3, -0.25) is 4.79 Å². The van der Waals surface area contributed by atoms with E-state index in [0.29, 0.717) is 22.5 Å². The van der Waals surface area contributed by atoms with Gasteiger partial charge in [0.2, 0.25) is 5.91 Å². The first kappa shape index (κ1) is 16.9. The number of anilines is 2. The Morgan fingerprint density at radius 3 is 2.61 bits per heavy atom. The molecule has 0 radical (unpaired) electrons. The number of aliphatic hydroxyl groups excluding tert-OH is 1. The summed E-state index contributed by atoms with van der Waals surface area (Å²) in [5.41, 5.74) is 7.73. The summed E-state index contributed by atoms with van der Waals surface area (Å²) in [7, 11) is 0. The van der Waals surface area contributed by atoms with Crippen LogP contribution in [0.3, 0.4) is 0 Å². The van der Waals surface area contributed by atoms with Gasteiger partial charge >= 0.3 is 0 Å². The number of carbonyl (C=O) groups is 1. The molecule has 0 saturated heterocycles. The van der Waals surface area contributed by atoms with Gasteiger partial charge in [0.15, 0.2) is 11.6 Å². The molecular weight excluding hydrogens is 304 g/mol. The van der Waals surface area contributed by atoms with E-state index in [1.165, 1.54) is 6.07 Å². The first-order valence-corrected chi connectivity index (χ1v) is 6.95. The molecule has 23 heavy (non-hydrogen) atoms. The number of hydrogen-bond donors (Lipinski definition) is 4. The number of carbonyl (C=O) groups excluding carboxylic acids is 1. The van der Waals surface area contributed by atoms with Gasteiger partial charge in [0, 0.05) is 24.0 Å². The van der Waals surface area contributed by atoms with Gasteiger partial charge in [0.05, 0.1) is 13.2 Å². The van der Waals surface area contributed by atoms with Crippen LogP contribution in [-0.2, 0) is 17.9 Å². The topological polar surface area (TPSA) is 87.4 Å². The summed E-state index contributed by atoms with van der Waals surface area (Å²) in [6.07, 6.45) is 0. The van der Waals surface area contributed by atoms with Gasteiger partial charge in [-0.15, -0.1) is 0 Å². The van der Waals surface area contributed by atoms with E-state index in [9.17, 15) is 18.7 Å². The van der Waals surface area contributed by atoms with Crippen molar-refractivity contribution in [2.75, 3.05) is 17.2 Å². The fraction of sp³-hybridized carbons (Fsp3) is 0.188. The van der Waals surface area contributed by atoms with Crippen molar-refractivity contribution in [3.05, 3.63) is 59.2 Å². The summed E-state index contributed by atoms with van der Waals surface area (Å²) in [4.78, 5) is 12.0. The van der Waals surface area contributed by atoms with Crippen LogP contribution in [0.5, 0.6) is 0 Å². The monoisotopic (exact) mass is 321 g/mol. The molecule has 2 aromatic rings. The van der Waals surface area contributed by atoms with Crippen molar-refractivity contribution in [3.8, 4) is 0 Å². The molecule has 0 saturated carbocycles. The van der Waals surface area contributed by atoms with Crippen molar-refractivity contribution in [2.24, 2.45) is 5.73 Å². The lowest BCUT2D eigenvalue weighted by atomic mass is 10.1. The lowest BCUT2D eigenvalue weighted by Gasteiger charge is -2.13. The van der Waals surface area contributed by atoms with Gasteiger partial charge in [-0.1, -0.05) is 12.1 Å². The zero-order valence-corrected chi connectivity index (χ0v) is 12.3. The number of nitrogens with one attached hydrogen (secondary N) is 2. The van der Waals surface area contributed by atoms with Crippen LogP contribution in [0.25, 0.3) is 0 Å². The van der Waals surface area contributed by atoms with Gasteiger partial charge in [-0.25, -0.2) is 8.78 Å². The van der Waals surface area contributed by atoms with Crippen molar-refractivity contribution in [2.45, 2.75) is 13.2 Å². The third-order valence-corrected chi connectivity index (χ3v) is 3.29. The molecule has 0 aromatic heterocycles. The highest BCUT2D eigenvalue weighted by atomic mass is 19.2. The van der Waals surface area contributed by atoms with Crippen LogP contribution in [0.1, 0.15) is 11.1 Å². The highest BCUT2D eigenvalue weighted by molar-refractivity contribution is 5.94. The van der Waals surface area contributed by atoms with E-state index in [4.69, 9.17) is 5.73 Å². The van der Waals surface area contributed by atoms with E-state index in [0.717, 1.165) is 12.1 Å². The number of halogens is 2. The van der Waals surface area contributed by atoms with Gasteiger partial charge in [0.25, 0.3) is 0 Å². The molecule has 0 atom stereocenters. The Morgan fingerprint density at radius 1 is 1.17 bits per heavy atom. The summed E-state index contributed by atoms with van der Waals surface area (Å²) in [5, 5.41) is 14.6. The molecule has 1 amide bonds. The molecule has 0 aliphatic rings. The lowest BCUT2D eigenvalue weighted by molar-refractivity contribution is -0.114. The van der Waals surface area contributed by atoms with Crippen molar-refractivity contribution in [3.63, 3.8) is 0 Å². The van der Waals surface area contributed by atoms with Gasteiger partial charge in [0.1, 0.15) is 0 Å². The molecule has 0 aliphatic heterocycles. The number of amides is 1. The maximum atomic E-state index is 13.1. The molecule has 0 heterocycles. The zero-order chi connectivity index (χ0) is 16.8. The van der Waals surface area contributed by atoms with Crippen molar-refractivity contribution >= 4 is 17.3 Å². The molecule has 0 aliphatic carbocycles. The number of hydrogen-bond acceptors (Lipinski definition) is 4. The second-order valence-corrected chi connectivity index (χ2v) is 4.84. The van der Waals surface area contributed by atoms with Crippen LogP contribution in [0.2, 0.25) is 0 Å². The van der Waals surface area contributed by atoms with E-state index >= 15 is 0 Å². The van der Waals surface area contributed by atoms with Gasteiger partial charge < -0.3 is 21.5 Å². The molecular formula is C16H17F2N3O2. The summed E-state index contributed by atoms with van der Waals surface area (Å²) in [6.45, 7) is -0.134. The Kier molecular flexibility index (Phi) is 5.61. The summed E-state index contributed by atoms with van der Waals surface area (Å²) >= 11 is 0. The molecule has 2 aromatic carbocycles. The van der Waals surface area contributed by atoms with Crippen molar-refractivity contribution in [1.82, 2.24) is 0 Å². The van der Waals surface area contributed by atoms with Crippen molar-refractivity contribution < 1.29 is 18.7 Å². The van der Waals surface area contributed by atoms with E-state index in [1.807, 2.05) is 0 Å². The second-order valence-electron chi connectivity index (χ2n) is 4.84. The molecule has 2 rings (SSSR count). The lowest BCUT2D eigenvalue weighted by Crippen LogP contribution is -2.23. The van der Waals surface area contributed by atoms with Crippen LogP contribution in [0.15, 0.2) is 36.4 Å². The Morgan fingerprint density at radius 2 is 1.96 bits per heavy atom. The molecule has 0 unspecified atom stereocenters. The fourth-order valence-electron chi connectivity index (χ4n) is 2.12. The van der Waals surface area contributed by atoms with Gasteiger partial charge in [-0.05, 0) is 29.3 Å². The van der Waals surface area contributed by atoms with Crippen molar-refractivity contribution in [1.29, 1.82) is 0 Å². The Balaban J connectivity index is 2.01. The number of nitrogens with two attached hydrogens (primary N) is 1. The second kappa shape index (κ2) is 7.66. The Hall–Kier alpha value is -2.51. The van der Waals surface area contributed by atoms with Crippen LogP contribution < -0.4 is 16.4 Å².